The lowest BCUT2D eigenvalue weighted by molar-refractivity contribution is -0.153. The Morgan fingerprint density at radius 3 is 2.36 bits per heavy atom. The zero-order chi connectivity index (χ0) is 23.5. The maximum Gasteiger partial charge on any atom is 0.229 e. The first-order valence-electron chi connectivity index (χ1n) is 11.9. The van der Waals surface area contributed by atoms with E-state index < -0.39 is 22.5 Å². The summed E-state index contributed by atoms with van der Waals surface area (Å²) in [5.41, 5.74) is -0.130. The summed E-state index contributed by atoms with van der Waals surface area (Å²) >= 11 is 0. The number of nitrogens with zero attached hydrogens (tertiary/aromatic N) is 3. The fourth-order valence-electron chi connectivity index (χ4n) is 6.67. The predicted molar refractivity (Wildman–Crippen MR) is 120 cm³/mol. The summed E-state index contributed by atoms with van der Waals surface area (Å²) in [5.74, 6) is -1.16. The Morgan fingerprint density at radius 1 is 1.09 bits per heavy atom. The van der Waals surface area contributed by atoms with Gasteiger partial charge in [-0.25, -0.2) is 8.78 Å². The van der Waals surface area contributed by atoms with Gasteiger partial charge in [0.1, 0.15) is 11.6 Å². The van der Waals surface area contributed by atoms with Gasteiger partial charge in [-0.1, -0.05) is 26.8 Å². The Balaban J connectivity index is 1.46. The smallest absolute Gasteiger partial charge is 0.229 e. The molecule has 1 amide bonds. The molecule has 1 N–H and O–H groups in total. The second-order valence-electron chi connectivity index (χ2n) is 10.8. The highest BCUT2D eigenvalue weighted by Gasteiger charge is 2.59. The van der Waals surface area contributed by atoms with Crippen LogP contribution in [0.15, 0.2) is 30.5 Å². The molecular formula is C26H31F2N3O2. The van der Waals surface area contributed by atoms with E-state index in [9.17, 15) is 18.7 Å². The molecule has 1 saturated carbocycles. The van der Waals surface area contributed by atoms with E-state index >= 15 is 0 Å². The fourth-order valence-corrected chi connectivity index (χ4v) is 6.67. The van der Waals surface area contributed by atoms with E-state index in [0.29, 0.717) is 12.8 Å². The van der Waals surface area contributed by atoms with Crippen molar-refractivity contribution < 1.29 is 18.7 Å². The second kappa shape index (κ2) is 7.83. The molecule has 5 rings (SSSR count). The summed E-state index contributed by atoms with van der Waals surface area (Å²) in [6.45, 7) is 6.30. The van der Waals surface area contributed by atoms with Gasteiger partial charge in [-0.15, -0.1) is 0 Å². The second-order valence-corrected chi connectivity index (χ2v) is 10.8. The van der Waals surface area contributed by atoms with Gasteiger partial charge in [-0.05, 0) is 73.6 Å². The first-order chi connectivity index (χ1) is 15.6. The lowest BCUT2D eigenvalue weighted by Gasteiger charge is -2.47. The first-order valence-corrected chi connectivity index (χ1v) is 11.9. The van der Waals surface area contributed by atoms with Crippen LogP contribution in [0, 0.1) is 22.5 Å². The van der Waals surface area contributed by atoms with Crippen molar-refractivity contribution >= 4 is 5.91 Å². The molecule has 2 bridgehead atoms. The minimum Gasteiger partial charge on any atom is -0.393 e. The van der Waals surface area contributed by atoms with Gasteiger partial charge in [0.2, 0.25) is 5.91 Å². The van der Waals surface area contributed by atoms with Gasteiger partial charge in [0.15, 0.2) is 0 Å². The Morgan fingerprint density at radius 2 is 1.73 bits per heavy atom. The molecule has 1 aromatic heterocycles. The summed E-state index contributed by atoms with van der Waals surface area (Å²) < 4.78 is 28.7. The van der Waals surface area contributed by atoms with Crippen molar-refractivity contribution in [3.05, 3.63) is 47.7 Å². The minimum absolute atomic E-state index is 0.00330. The highest BCUT2D eigenvalue weighted by molar-refractivity contribution is 5.85. The molecule has 1 aliphatic carbocycles. The molecule has 2 unspecified atom stereocenters. The maximum atomic E-state index is 14.4. The Labute approximate surface area is 193 Å². The lowest BCUT2D eigenvalue weighted by Crippen LogP contribution is -2.55. The van der Waals surface area contributed by atoms with Crippen LogP contribution in [0.4, 0.5) is 8.78 Å². The van der Waals surface area contributed by atoms with Crippen molar-refractivity contribution in [3.8, 4) is 11.3 Å². The minimum atomic E-state index is -0.671. The van der Waals surface area contributed by atoms with Crippen LogP contribution in [0.25, 0.3) is 11.3 Å². The van der Waals surface area contributed by atoms with E-state index in [2.05, 4.69) is 35.9 Å². The Kier molecular flexibility index (Phi) is 5.31. The van der Waals surface area contributed by atoms with E-state index in [1.807, 2.05) is 0 Å². The summed E-state index contributed by atoms with van der Waals surface area (Å²) in [7, 11) is 0. The number of aliphatic hydroxyl groups excluding tert-OH is 1. The molecule has 33 heavy (non-hydrogen) atoms. The van der Waals surface area contributed by atoms with Crippen LogP contribution >= 0.6 is 0 Å². The van der Waals surface area contributed by atoms with Crippen molar-refractivity contribution in [3.63, 3.8) is 0 Å². The van der Waals surface area contributed by atoms with Crippen LogP contribution in [0.5, 0.6) is 0 Å². The average Bonchev–Trinajstić information content (AvgIpc) is 3.17. The molecule has 2 aliphatic heterocycles. The maximum absolute atomic E-state index is 14.4. The van der Waals surface area contributed by atoms with Gasteiger partial charge in [0, 0.05) is 12.1 Å². The molecule has 3 heterocycles. The highest BCUT2D eigenvalue weighted by Crippen LogP contribution is 2.61. The van der Waals surface area contributed by atoms with Crippen molar-refractivity contribution in [2.45, 2.75) is 83.4 Å². The van der Waals surface area contributed by atoms with Gasteiger partial charge < -0.3 is 10.0 Å². The van der Waals surface area contributed by atoms with E-state index in [4.69, 9.17) is 0 Å². The SMILES string of the molecule is CC1(C)[C@@H](c2cnnc(-c3c(F)cccc3F)c2)CC[C@]1(C)C(=O)N1C2CCC1CC(O)C2. The Hall–Kier alpha value is -2.41. The molecule has 0 spiro atoms. The number of hydrogen-bond acceptors (Lipinski definition) is 4. The van der Waals surface area contributed by atoms with Crippen molar-refractivity contribution in [1.29, 1.82) is 0 Å². The standard InChI is InChI=1S/C26H31F2N3O2/c1-25(2)19(15-11-22(30-29-14-15)23-20(27)5-4-6-21(23)28)9-10-26(25,3)24(33)31-16-7-8-17(31)13-18(32)12-16/h4-6,11,14,16-19,32H,7-10,12-13H2,1-3H3/t16?,17?,18?,19-,26-/m1/s1. The van der Waals surface area contributed by atoms with Gasteiger partial charge in [0.25, 0.3) is 0 Å². The van der Waals surface area contributed by atoms with Gasteiger partial charge in [-0.3, -0.25) is 4.79 Å². The summed E-state index contributed by atoms with van der Waals surface area (Å²) in [5, 5.41) is 18.2. The van der Waals surface area contributed by atoms with E-state index in [-0.39, 0.29) is 41.3 Å². The fraction of sp³-hybridized carbons (Fsp3) is 0.577. The number of halogens is 2. The molecular weight excluding hydrogens is 424 g/mol. The zero-order valence-corrected chi connectivity index (χ0v) is 19.4. The monoisotopic (exact) mass is 455 g/mol. The van der Waals surface area contributed by atoms with Crippen molar-refractivity contribution in [2.24, 2.45) is 10.8 Å². The third-order valence-corrected chi connectivity index (χ3v) is 8.94. The van der Waals surface area contributed by atoms with Crippen molar-refractivity contribution in [1.82, 2.24) is 15.1 Å². The van der Waals surface area contributed by atoms with Crippen LogP contribution in [-0.2, 0) is 4.79 Å². The molecule has 5 nitrogen and oxygen atoms in total. The van der Waals surface area contributed by atoms with E-state index in [1.165, 1.54) is 18.2 Å². The van der Waals surface area contributed by atoms with Crippen LogP contribution in [0.3, 0.4) is 0 Å². The molecule has 176 valence electrons. The molecule has 0 radical (unpaired) electrons. The largest absolute Gasteiger partial charge is 0.393 e. The number of piperidine rings is 1. The van der Waals surface area contributed by atoms with Crippen LogP contribution in [0.1, 0.15) is 70.8 Å². The van der Waals surface area contributed by atoms with Gasteiger partial charge in [0.05, 0.1) is 29.0 Å². The average molecular weight is 456 g/mol. The summed E-state index contributed by atoms with van der Waals surface area (Å²) in [6.07, 6.45) is 6.09. The topological polar surface area (TPSA) is 66.3 Å². The number of aromatic nitrogens is 2. The molecule has 3 aliphatic rings. The summed E-state index contributed by atoms with van der Waals surface area (Å²) in [4.78, 5) is 16.0. The van der Waals surface area contributed by atoms with E-state index in [1.54, 1.807) is 12.3 Å². The number of carbonyl (C=O) groups excluding carboxylic acids is 1. The van der Waals surface area contributed by atoms with Crippen LogP contribution in [-0.4, -0.2) is 44.3 Å². The van der Waals surface area contributed by atoms with Crippen molar-refractivity contribution in [2.75, 3.05) is 0 Å². The number of aliphatic hydroxyl groups is 1. The first kappa shape index (κ1) is 22.4. The third kappa shape index (κ3) is 3.38. The van der Waals surface area contributed by atoms with Gasteiger partial charge in [-0.2, -0.15) is 10.2 Å². The number of amides is 1. The summed E-state index contributed by atoms with van der Waals surface area (Å²) in [6, 6.07) is 5.72. The molecule has 4 atom stereocenters. The number of hydrogen-bond donors (Lipinski definition) is 1. The normalized spacial score (nSPS) is 32.8. The number of fused-ring (bicyclic) bond motifs is 2. The molecule has 2 aromatic rings. The molecule has 2 saturated heterocycles. The van der Waals surface area contributed by atoms with E-state index in [0.717, 1.165) is 31.2 Å². The van der Waals surface area contributed by atoms with Gasteiger partial charge >= 0.3 is 0 Å². The third-order valence-electron chi connectivity index (χ3n) is 8.94. The highest BCUT2D eigenvalue weighted by atomic mass is 19.1. The predicted octanol–water partition coefficient (Wildman–Crippen LogP) is 4.85. The zero-order valence-electron chi connectivity index (χ0n) is 19.4. The number of carbonyl (C=O) groups is 1. The lowest BCUT2D eigenvalue weighted by atomic mass is 9.63. The van der Waals surface area contributed by atoms with Crippen LogP contribution in [0.2, 0.25) is 0 Å². The quantitative estimate of drug-likeness (QED) is 0.719. The molecule has 7 heteroatoms. The molecule has 3 fully saturated rings. The Bertz CT molecular complexity index is 1060. The van der Waals surface area contributed by atoms with Crippen LogP contribution < -0.4 is 0 Å². The molecule has 1 aromatic carbocycles. The number of rotatable bonds is 3. The number of benzene rings is 1.